The average molecular weight is 526 g/mol. The molecule has 6 aromatic rings. The molecule has 1 atom stereocenters. The van der Waals surface area contributed by atoms with Crippen LogP contribution in [0, 0.1) is 17.0 Å². The molecule has 0 bridgehead atoms. The molecular weight excluding hydrogens is 500 g/mol. The van der Waals surface area contributed by atoms with Gasteiger partial charge in [0.15, 0.2) is 11.5 Å². The number of halogens is 2. The monoisotopic (exact) mass is 525 g/mol. The van der Waals surface area contributed by atoms with Gasteiger partial charge < -0.3 is 15.4 Å². The van der Waals surface area contributed by atoms with Crippen molar-refractivity contribution in [2.24, 2.45) is 5.41 Å². The average Bonchev–Trinajstić information content (AvgIpc) is 3.53. The fourth-order valence-corrected chi connectivity index (χ4v) is 4.43. The van der Waals surface area contributed by atoms with E-state index >= 15 is 4.39 Å². The van der Waals surface area contributed by atoms with Gasteiger partial charge in [-0.3, -0.25) is 10.1 Å². The van der Waals surface area contributed by atoms with Crippen molar-refractivity contribution in [1.82, 2.24) is 30.1 Å². The summed E-state index contributed by atoms with van der Waals surface area (Å²) in [5.41, 5.74) is 3.62. The van der Waals surface area contributed by atoms with E-state index in [4.69, 9.17) is 0 Å². The van der Waals surface area contributed by atoms with Crippen LogP contribution in [0.4, 0.5) is 14.5 Å². The maximum Gasteiger partial charge on any atom is 0.178 e. The summed E-state index contributed by atoms with van der Waals surface area (Å²) in [4.78, 5) is 16.3. The Kier molecular flexibility index (Phi) is 5.84. The number of pyridine rings is 2. The Balaban J connectivity index is 1.44. The zero-order valence-corrected chi connectivity index (χ0v) is 21.4. The van der Waals surface area contributed by atoms with Crippen LogP contribution in [0.3, 0.4) is 0 Å². The molecular formula is C29H25F2N7O. The lowest BCUT2D eigenvalue weighted by atomic mass is 9.94. The molecule has 0 aliphatic carbocycles. The van der Waals surface area contributed by atoms with Crippen LogP contribution in [0.2, 0.25) is 0 Å². The molecule has 0 radical (unpaired) electrons. The Labute approximate surface area is 222 Å². The van der Waals surface area contributed by atoms with Gasteiger partial charge in [-0.1, -0.05) is 39.0 Å². The first kappa shape index (κ1) is 24.6. The number of benzene rings is 2. The minimum absolute atomic E-state index is 0.243. The number of aromatic nitrogens is 6. The summed E-state index contributed by atoms with van der Waals surface area (Å²) < 4.78 is 30.7. The number of nitrogens with one attached hydrogen (secondary N) is 3. The zero-order valence-electron chi connectivity index (χ0n) is 21.4. The first-order valence-corrected chi connectivity index (χ1v) is 12.4. The second kappa shape index (κ2) is 9.25. The van der Waals surface area contributed by atoms with Crippen molar-refractivity contribution in [2.45, 2.75) is 27.0 Å². The summed E-state index contributed by atoms with van der Waals surface area (Å²) in [6.45, 7) is 5.72. The maximum absolute atomic E-state index is 16.1. The van der Waals surface area contributed by atoms with Crippen LogP contribution >= 0.6 is 0 Å². The molecule has 8 nitrogen and oxygen atoms in total. The van der Waals surface area contributed by atoms with Gasteiger partial charge in [-0.25, -0.2) is 18.7 Å². The Hall–Kier alpha value is -4.70. The van der Waals surface area contributed by atoms with E-state index in [9.17, 15) is 9.50 Å². The highest BCUT2D eigenvalue weighted by atomic mass is 19.1. The summed E-state index contributed by atoms with van der Waals surface area (Å²) in [6.07, 6.45) is 3.87. The van der Waals surface area contributed by atoms with Crippen LogP contribution in [-0.4, -0.2) is 41.5 Å². The predicted octanol–water partition coefficient (Wildman–Crippen LogP) is 6.28. The van der Waals surface area contributed by atoms with Gasteiger partial charge in [0.2, 0.25) is 0 Å². The molecule has 39 heavy (non-hydrogen) atoms. The number of anilines is 1. The van der Waals surface area contributed by atoms with Crippen LogP contribution in [0.15, 0.2) is 67.1 Å². The van der Waals surface area contributed by atoms with Crippen LogP contribution in [0.1, 0.15) is 20.8 Å². The normalized spacial score (nSPS) is 12.8. The number of hydrogen-bond acceptors (Lipinski definition) is 6. The van der Waals surface area contributed by atoms with Crippen molar-refractivity contribution in [1.29, 1.82) is 0 Å². The van der Waals surface area contributed by atoms with Gasteiger partial charge >= 0.3 is 0 Å². The van der Waals surface area contributed by atoms with Gasteiger partial charge in [-0.05, 0) is 30.3 Å². The van der Waals surface area contributed by atoms with E-state index in [0.717, 1.165) is 0 Å². The fraction of sp³-hybridized carbons (Fsp3) is 0.172. The van der Waals surface area contributed by atoms with Gasteiger partial charge in [0.25, 0.3) is 0 Å². The molecule has 2 aromatic carbocycles. The highest BCUT2D eigenvalue weighted by Gasteiger charge is 2.23. The third-order valence-electron chi connectivity index (χ3n) is 6.62. The molecule has 1 unspecified atom stereocenters. The molecule has 196 valence electrons. The van der Waals surface area contributed by atoms with Crippen molar-refractivity contribution in [3.63, 3.8) is 0 Å². The molecule has 4 N–H and O–H groups in total. The topological polar surface area (TPSA) is 115 Å². The van der Waals surface area contributed by atoms with E-state index in [1.165, 1.54) is 6.07 Å². The van der Waals surface area contributed by atoms with E-state index in [2.05, 4.69) is 35.5 Å². The van der Waals surface area contributed by atoms with E-state index in [-0.39, 0.29) is 16.9 Å². The van der Waals surface area contributed by atoms with Crippen molar-refractivity contribution in [3.05, 3.63) is 78.8 Å². The smallest absolute Gasteiger partial charge is 0.178 e. The van der Waals surface area contributed by atoms with Crippen molar-refractivity contribution < 1.29 is 13.9 Å². The molecule has 0 amide bonds. The number of aromatic amines is 2. The lowest BCUT2D eigenvalue weighted by Crippen LogP contribution is -2.33. The van der Waals surface area contributed by atoms with E-state index in [1.54, 1.807) is 61.1 Å². The van der Waals surface area contributed by atoms with Gasteiger partial charge in [0.05, 0.1) is 28.3 Å². The second-order valence-corrected chi connectivity index (χ2v) is 10.4. The molecule has 0 aliphatic heterocycles. The quantitative estimate of drug-likeness (QED) is 0.197. The SMILES string of the molecule is CC(C)(C)C(O)Nc1cncc(-c2ccc3[nH]nc(-c4nc5nccc(-c6ccccc6F)c5[nH]4)c3c2F)c1. The number of rotatable bonds is 5. The summed E-state index contributed by atoms with van der Waals surface area (Å²) >= 11 is 0. The molecule has 4 aromatic heterocycles. The second-order valence-electron chi connectivity index (χ2n) is 10.4. The van der Waals surface area contributed by atoms with E-state index in [1.807, 2.05) is 20.8 Å². The molecule has 0 fully saturated rings. The van der Waals surface area contributed by atoms with Gasteiger partial charge in [-0.2, -0.15) is 5.10 Å². The molecule has 10 heteroatoms. The summed E-state index contributed by atoms with van der Waals surface area (Å²) in [6, 6.07) is 13.3. The van der Waals surface area contributed by atoms with E-state index in [0.29, 0.717) is 50.4 Å². The Morgan fingerprint density at radius 1 is 0.974 bits per heavy atom. The number of aliphatic hydroxyl groups excluding tert-OH is 1. The molecule has 6 rings (SSSR count). The number of nitrogens with zero attached hydrogens (tertiary/aromatic N) is 4. The highest BCUT2D eigenvalue weighted by Crippen LogP contribution is 2.36. The summed E-state index contributed by atoms with van der Waals surface area (Å²) in [5.74, 6) is -0.581. The van der Waals surface area contributed by atoms with Crippen molar-refractivity contribution in [2.75, 3.05) is 5.32 Å². The third-order valence-corrected chi connectivity index (χ3v) is 6.62. The van der Waals surface area contributed by atoms with Crippen LogP contribution in [0.5, 0.6) is 0 Å². The Morgan fingerprint density at radius 2 is 1.79 bits per heavy atom. The van der Waals surface area contributed by atoms with Gasteiger partial charge in [0, 0.05) is 40.1 Å². The number of imidazole rings is 1. The van der Waals surface area contributed by atoms with Crippen LogP contribution in [0.25, 0.3) is 55.8 Å². The molecule has 0 spiro atoms. The zero-order chi connectivity index (χ0) is 27.3. The molecule has 0 aliphatic rings. The summed E-state index contributed by atoms with van der Waals surface area (Å²) in [5, 5.41) is 20.9. The van der Waals surface area contributed by atoms with E-state index < -0.39 is 17.5 Å². The third kappa shape index (κ3) is 4.38. The minimum atomic E-state index is -0.821. The molecule has 0 saturated carbocycles. The van der Waals surface area contributed by atoms with Crippen LogP contribution < -0.4 is 5.32 Å². The fourth-order valence-electron chi connectivity index (χ4n) is 4.43. The van der Waals surface area contributed by atoms with Crippen molar-refractivity contribution in [3.8, 4) is 33.8 Å². The van der Waals surface area contributed by atoms with Crippen LogP contribution in [-0.2, 0) is 0 Å². The number of fused-ring (bicyclic) bond motifs is 2. The minimum Gasteiger partial charge on any atom is -0.373 e. The summed E-state index contributed by atoms with van der Waals surface area (Å²) in [7, 11) is 0. The highest BCUT2D eigenvalue weighted by molar-refractivity contribution is 5.98. The number of hydrogen-bond donors (Lipinski definition) is 4. The first-order chi connectivity index (χ1) is 18.7. The lowest BCUT2D eigenvalue weighted by molar-refractivity contribution is 0.0880. The van der Waals surface area contributed by atoms with Gasteiger partial charge in [-0.15, -0.1) is 0 Å². The number of aliphatic hydroxyl groups is 1. The van der Waals surface area contributed by atoms with Gasteiger partial charge in [0.1, 0.15) is 23.6 Å². The Morgan fingerprint density at radius 3 is 2.59 bits per heavy atom. The molecule has 4 heterocycles. The first-order valence-electron chi connectivity index (χ1n) is 12.4. The lowest BCUT2D eigenvalue weighted by Gasteiger charge is -2.27. The molecule has 0 saturated heterocycles. The maximum atomic E-state index is 16.1. The Bertz CT molecular complexity index is 1840. The standard InChI is InChI=1S/C29H25F2N7O/c1-29(2,3)28(39)34-16-12-15(13-32-14-16)17-8-9-21-22(23(17)31)25(38-37-21)27-35-24-19(10-11-33-26(24)36-27)18-6-4-5-7-20(18)30/h4-14,28,34,39H,1-3H3,(H,37,38)(H,33,35,36). The predicted molar refractivity (Wildman–Crippen MR) is 147 cm³/mol. The van der Waals surface area contributed by atoms with Crippen molar-refractivity contribution >= 4 is 27.8 Å². The largest absolute Gasteiger partial charge is 0.373 e. The number of H-pyrrole nitrogens is 2.